The number of hydrogen-bond donors (Lipinski definition) is 1. The van der Waals surface area contributed by atoms with E-state index < -0.39 is 11.5 Å². The molecule has 0 saturated heterocycles. The Bertz CT molecular complexity index is 1220. The molecule has 0 spiro atoms. The Morgan fingerprint density at radius 1 is 0.833 bits per heavy atom. The second-order valence-corrected chi connectivity index (χ2v) is 8.83. The number of ether oxygens (including phenoxy) is 1. The lowest BCUT2D eigenvalue weighted by Gasteiger charge is -2.22. The molecule has 0 amide bonds. The lowest BCUT2D eigenvalue weighted by atomic mass is 9.87. The van der Waals surface area contributed by atoms with E-state index in [0.717, 1.165) is 37.0 Å². The fourth-order valence-corrected chi connectivity index (χ4v) is 4.25. The van der Waals surface area contributed by atoms with Crippen LogP contribution in [-0.2, 0) is 23.2 Å². The minimum Gasteiger partial charge on any atom is -0.494 e. The van der Waals surface area contributed by atoms with Crippen LogP contribution in [0.1, 0.15) is 53.0 Å². The van der Waals surface area contributed by atoms with Crippen LogP contribution in [0.25, 0.3) is 0 Å². The van der Waals surface area contributed by atoms with Gasteiger partial charge >= 0.3 is 5.97 Å². The van der Waals surface area contributed by atoms with Crippen molar-refractivity contribution in [3.63, 3.8) is 0 Å². The molecule has 2 heterocycles. The van der Waals surface area contributed by atoms with Crippen molar-refractivity contribution in [2.45, 2.75) is 44.1 Å². The molecule has 6 nitrogen and oxygen atoms in total. The van der Waals surface area contributed by atoms with E-state index in [9.17, 15) is 14.7 Å². The third-order valence-corrected chi connectivity index (χ3v) is 6.27. The summed E-state index contributed by atoms with van der Waals surface area (Å²) < 4.78 is 5.87. The van der Waals surface area contributed by atoms with Crippen molar-refractivity contribution in [1.82, 2.24) is 4.98 Å². The Labute approximate surface area is 211 Å². The number of Topliss-reactive ketones (excluding diaryl/α,β-unsaturated/α-hetero) is 1. The molecule has 3 aromatic rings. The SMILES string of the molecule is O=C(O)c1cccc(C2(C(=O)CCc3ccc(OCCCCCc4ccccc4)cc3)C=CC=N2)n1. The summed E-state index contributed by atoms with van der Waals surface area (Å²) in [5.41, 5.74) is 1.34. The van der Waals surface area contributed by atoms with Gasteiger partial charge in [0.05, 0.1) is 12.3 Å². The number of aryl methyl sites for hydroxylation is 2. The molecule has 1 aliphatic rings. The number of carbonyl (C=O) groups is 2. The zero-order chi connectivity index (χ0) is 25.2. The first kappa shape index (κ1) is 25.0. The highest BCUT2D eigenvalue weighted by Crippen LogP contribution is 2.32. The maximum Gasteiger partial charge on any atom is 0.354 e. The quantitative estimate of drug-likeness (QED) is 0.320. The summed E-state index contributed by atoms with van der Waals surface area (Å²) in [6.45, 7) is 0.682. The Hall–Kier alpha value is -4.06. The molecule has 1 aromatic heterocycles. The minimum absolute atomic E-state index is 0.109. The van der Waals surface area contributed by atoms with Gasteiger partial charge in [0, 0.05) is 12.6 Å². The van der Waals surface area contributed by atoms with Gasteiger partial charge in [-0.3, -0.25) is 9.79 Å². The molecule has 0 aliphatic carbocycles. The molecular formula is C30H30N2O4. The zero-order valence-electron chi connectivity index (χ0n) is 20.2. The predicted molar refractivity (Wildman–Crippen MR) is 140 cm³/mol. The van der Waals surface area contributed by atoms with Crippen LogP contribution < -0.4 is 4.74 Å². The van der Waals surface area contributed by atoms with Gasteiger partial charge in [0.2, 0.25) is 0 Å². The number of benzene rings is 2. The lowest BCUT2D eigenvalue weighted by molar-refractivity contribution is -0.122. The fraction of sp³-hybridized carbons (Fsp3) is 0.267. The van der Waals surface area contributed by atoms with Crippen LogP contribution in [-0.4, -0.2) is 34.7 Å². The summed E-state index contributed by atoms with van der Waals surface area (Å²) in [5, 5.41) is 9.27. The first-order valence-electron chi connectivity index (χ1n) is 12.3. The number of nitrogens with zero attached hydrogens (tertiary/aromatic N) is 2. The number of pyridine rings is 1. The Morgan fingerprint density at radius 3 is 2.33 bits per heavy atom. The van der Waals surface area contributed by atoms with Crippen LogP contribution in [0.3, 0.4) is 0 Å². The van der Waals surface area contributed by atoms with Gasteiger partial charge in [-0.2, -0.15) is 0 Å². The van der Waals surface area contributed by atoms with E-state index in [0.29, 0.717) is 18.7 Å². The van der Waals surface area contributed by atoms with E-state index in [1.54, 1.807) is 30.5 Å². The first-order valence-corrected chi connectivity index (χ1v) is 12.3. The molecule has 0 saturated carbocycles. The number of allylic oxidation sites excluding steroid dienone is 1. The molecule has 6 heteroatoms. The highest BCUT2D eigenvalue weighted by atomic mass is 16.5. The van der Waals surface area contributed by atoms with Crippen LogP contribution in [0.2, 0.25) is 0 Å². The van der Waals surface area contributed by atoms with Gasteiger partial charge in [0.1, 0.15) is 11.4 Å². The number of unbranched alkanes of at least 4 members (excludes halogenated alkanes) is 2. The molecule has 36 heavy (non-hydrogen) atoms. The van der Waals surface area contributed by atoms with Crippen molar-refractivity contribution in [2.75, 3.05) is 6.61 Å². The Balaban J connectivity index is 1.24. The van der Waals surface area contributed by atoms with Crippen molar-refractivity contribution in [2.24, 2.45) is 4.99 Å². The van der Waals surface area contributed by atoms with E-state index in [1.165, 1.54) is 11.6 Å². The summed E-state index contributed by atoms with van der Waals surface area (Å²) >= 11 is 0. The van der Waals surface area contributed by atoms with Crippen LogP contribution in [0.15, 0.2) is 89.9 Å². The average Bonchev–Trinajstić information content (AvgIpc) is 3.42. The van der Waals surface area contributed by atoms with Crippen LogP contribution in [0.4, 0.5) is 0 Å². The van der Waals surface area contributed by atoms with Gasteiger partial charge in [-0.05, 0) is 79.6 Å². The third-order valence-electron chi connectivity index (χ3n) is 6.27. The molecule has 2 aromatic carbocycles. The number of hydrogen-bond acceptors (Lipinski definition) is 5. The smallest absolute Gasteiger partial charge is 0.354 e. The number of ketones is 1. The fourth-order valence-electron chi connectivity index (χ4n) is 4.25. The number of rotatable bonds is 13. The summed E-state index contributed by atoms with van der Waals surface area (Å²) in [6.07, 6.45) is 10.1. The van der Waals surface area contributed by atoms with Gasteiger partial charge in [0.15, 0.2) is 11.3 Å². The van der Waals surface area contributed by atoms with Gasteiger partial charge in [-0.25, -0.2) is 9.78 Å². The normalized spacial score (nSPS) is 16.2. The summed E-state index contributed by atoms with van der Waals surface area (Å²) in [6, 6.07) is 23.0. The molecule has 1 atom stereocenters. The molecule has 4 rings (SSSR count). The molecule has 1 aliphatic heterocycles. The number of carboxylic acids is 1. The van der Waals surface area contributed by atoms with Gasteiger partial charge in [-0.15, -0.1) is 0 Å². The van der Waals surface area contributed by atoms with Crippen LogP contribution in [0, 0.1) is 0 Å². The highest BCUT2D eigenvalue weighted by Gasteiger charge is 2.39. The molecular weight excluding hydrogens is 452 g/mol. The largest absolute Gasteiger partial charge is 0.494 e. The van der Waals surface area contributed by atoms with Gasteiger partial charge in [-0.1, -0.05) is 48.5 Å². The molecule has 1 N–H and O–H groups in total. The van der Waals surface area contributed by atoms with E-state index in [2.05, 4.69) is 34.2 Å². The number of aromatic carboxylic acids is 1. The van der Waals surface area contributed by atoms with Crippen LogP contribution >= 0.6 is 0 Å². The molecule has 1 unspecified atom stereocenters. The van der Waals surface area contributed by atoms with E-state index in [4.69, 9.17) is 4.74 Å². The second kappa shape index (κ2) is 12.1. The highest BCUT2D eigenvalue weighted by molar-refractivity contribution is 5.97. The molecule has 184 valence electrons. The monoisotopic (exact) mass is 482 g/mol. The van der Waals surface area contributed by atoms with Crippen molar-refractivity contribution in [3.05, 3.63) is 107 Å². The standard InChI is InChI=1S/C30H30N2O4/c33-28(30(20-8-21-31-30)27-13-7-12-26(32-27)29(34)35)19-16-24-14-17-25(18-15-24)36-22-6-2-5-11-23-9-3-1-4-10-23/h1,3-4,7-10,12-15,17-18,20-21H,2,5-6,11,16,19,22H2,(H,34,35). The Kier molecular flexibility index (Phi) is 8.40. The van der Waals surface area contributed by atoms with Gasteiger partial charge in [0.25, 0.3) is 0 Å². The lowest BCUT2D eigenvalue weighted by Crippen LogP contribution is -2.32. The second-order valence-electron chi connectivity index (χ2n) is 8.83. The number of carboxylic acid groups (broad SMARTS) is 1. The topological polar surface area (TPSA) is 88.8 Å². The average molecular weight is 483 g/mol. The van der Waals surface area contributed by atoms with E-state index in [1.807, 2.05) is 30.3 Å². The summed E-state index contributed by atoms with van der Waals surface area (Å²) in [5.74, 6) is -0.444. The van der Waals surface area contributed by atoms with Crippen molar-refractivity contribution < 1.29 is 19.4 Å². The molecule has 0 bridgehead atoms. The Morgan fingerprint density at radius 2 is 1.61 bits per heavy atom. The van der Waals surface area contributed by atoms with Gasteiger partial charge < -0.3 is 9.84 Å². The summed E-state index contributed by atoms with van der Waals surface area (Å²) in [4.78, 5) is 33.1. The van der Waals surface area contributed by atoms with Crippen molar-refractivity contribution in [1.29, 1.82) is 0 Å². The number of carbonyl (C=O) groups excluding carboxylic acids is 1. The zero-order valence-corrected chi connectivity index (χ0v) is 20.2. The maximum absolute atomic E-state index is 13.2. The third kappa shape index (κ3) is 6.33. The molecule has 0 radical (unpaired) electrons. The minimum atomic E-state index is -1.27. The maximum atomic E-state index is 13.2. The van der Waals surface area contributed by atoms with Crippen molar-refractivity contribution in [3.8, 4) is 5.75 Å². The van der Waals surface area contributed by atoms with E-state index >= 15 is 0 Å². The molecule has 0 fully saturated rings. The van der Waals surface area contributed by atoms with E-state index in [-0.39, 0.29) is 17.9 Å². The van der Waals surface area contributed by atoms with Crippen molar-refractivity contribution >= 4 is 18.0 Å². The summed E-state index contributed by atoms with van der Waals surface area (Å²) in [7, 11) is 0. The number of aliphatic imine (C=N–C) groups is 1. The predicted octanol–water partition coefficient (Wildman–Crippen LogP) is 5.61. The number of aromatic nitrogens is 1. The van der Waals surface area contributed by atoms with Crippen LogP contribution in [0.5, 0.6) is 5.75 Å². The first-order chi connectivity index (χ1) is 17.6.